The molecular formula is C17H22N4O3. The number of piperidine rings is 3. The van der Waals surface area contributed by atoms with E-state index in [0.717, 1.165) is 25.1 Å². The van der Waals surface area contributed by atoms with Gasteiger partial charge in [0.2, 0.25) is 0 Å². The number of fused-ring (bicyclic) bond motifs is 2. The van der Waals surface area contributed by atoms with E-state index in [1.165, 1.54) is 18.6 Å². The van der Waals surface area contributed by atoms with Gasteiger partial charge in [-0.3, -0.25) is 15.0 Å². The SMILES string of the molecule is CCCOc1ccc(C2NN=C3C4CCN(CC4)C32)cc1[N+](=O)[O-]. The fourth-order valence-corrected chi connectivity index (χ4v) is 4.12. The van der Waals surface area contributed by atoms with E-state index < -0.39 is 0 Å². The number of nitro groups is 1. The smallest absolute Gasteiger partial charge is 0.311 e. The average molecular weight is 330 g/mol. The largest absolute Gasteiger partial charge is 0.487 e. The molecule has 4 aliphatic rings. The molecule has 0 amide bonds. The Labute approximate surface area is 140 Å². The van der Waals surface area contributed by atoms with Crippen molar-refractivity contribution in [2.75, 3.05) is 19.7 Å². The van der Waals surface area contributed by atoms with Crippen LogP contribution < -0.4 is 10.2 Å². The molecule has 4 heterocycles. The summed E-state index contributed by atoms with van der Waals surface area (Å²) in [5.74, 6) is 0.912. The summed E-state index contributed by atoms with van der Waals surface area (Å²) in [7, 11) is 0. The Balaban J connectivity index is 1.63. The lowest BCUT2D eigenvalue weighted by molar-refractivity contribution is -0.385. The summed E-state index contributed by atoms with van der Waals surface area (Å²) >= 11 is 0. The number of hydrazone groups is 1. The highest BCUT2D eigenvalue weighted by Gasteiger charge is 2.47. The summed E-state index contributed by atoms with van der Waals surface area (Å²) in [6, 6.07) is 5.52. The van der Waals surface area contributed by atoms with Crippen molar-refractivity contribution in [1.82, 2.24) is 10.3 Å². The summed E-state index contributed by atoms with van der Waals surface area (Å²) in [4.78, 5) is 13.5. The highest BCUT2D eigenvalue weighted by Crippen LogP contribution is 2.40. The molecule has 0 saturated carbocycles. The van der Waals surface area contributed by atoms with E-state index in [1.54, 1.807) is 12.1 Å². The van der Waals surface area contributed by atoms with Crippen molar-refractivity contribution in [3.8, 4) is 5.75 Å². The van der Waals surface area contributed by atoms with Crippen molar-refractivity contribution >= 4 is 11.4 Å². The van der Waals surface area contributed by atoms with E-state index in [9.17, 15) is 10.1 Å². The van der Waals surface area contributed by atoms with Gasteiger partial charge in [0.15, 0.2) is 5.75 Å². The van der Waals surface area contributed by atoms with Gasteiger partial charge in [-0.15, -0.1) is 0 Å². The van der Waals surface area contributed by atoms with Crippen LogP contribution in [0.25, 0.3) is 0 Å². The number of nitrogens with one attached hydrogen (secondary N) is 1. The number of rotatable bonds is 5. The first-order valence-corrected chi connectivity index (χ1v) is 8.67. The highest BCUT2D eigenvalue weighted by atomic mass is 16.6. The van der Waals surface area contributed by atoms with Gasteiger partial charge in [0.05, 0.1) is 29.3 Å². The summed E-state index contributed by atoms with van der Waals surface area (Å²) in [5, 5.41) is 16.0. The third-order valence-electron chi connectivity index (χ3n) is 5.29. The van der Waals surface area contributed by atoms with Crippen molar-refractivity contribution in [3.63, 3.8) is 0 Å². The molecule has 1 aromatic carbocycles. The summed E-state index contributed by atoms with van der Waals surface area (Å²) < 4.78 is 5.52. The van der Waals surface area contributed by atoms with Gasteiger partial charge >= 0.3 is 5.69 Å². The zero-order valence-corrected chi connectivity index (χ0v) is 13.8. The molecule has 2 unspecified atom stereocenters. The molecule has 5 rings (SSSR count). The molecule has 0 radical (unpaired) electrons. The van der Waals surface area contributed by atoms with Crippen LogP contribution in [-0.2, 0) is 0 Å². The maximum Gasteiger partial charge on any atom is 0.311 e. The zero-order chi connectivity index (χ0) is 16.7. The van der Waals surface area contributed by atoms with E-state index in [4.69, 9.17) is 4.74 Å². The Morgan fingerprint density at radius 1 is 1.42 bits per heavy atom. The summed E-state index contributed by atoms with van der Waals surface area (Å²) in [6.07, 6.45) is 3.17. The molecule has 3 fully saturated rings. The van der Waals surface area contributed by atoms with E-state index in [2.05, 4.69) is 15.4 Å². The van der Waals surface area contributed by atoms with Gasteiger partial charge in [0.1, 0.15) is 0 Å². The number of hydrogen-bond acceptors (Lipinski definition) is 6. The number of nitrogens with zero attached hydrogens (tertiary/aromatic N) is 3. The van der Waals surface area contributed by atoms with Crippen LogP contribution in [0.2, 0.25) is 0 Å². The first-order valence-electron chi connectivity index (χ1n) is 8.67. The zero-order valence-electron chi connectivity index (χ0n) is 13.8. The number of hydrogen-bond donors (Lipinski definition) is 1. The van der Waals surface area contributed by atoms with Crippen molar-refractivity contribution in [2.24, 2.45) is 11.0 Å². The van der Waals surface area contributed by atoms with Gasteiger partial charge in [0.25, 0.3) is 0 Å². The Kier molecular flexibility index (Phi) is 3.88. The van der Waals surface area contributed by atoms with Gasteiger partial charge < -0.3 is 10.2 Å². The van der Waals surface area contributed by atoms with Crippen LogP contribution in [0.3, 0.4) is 0 Å². The highest BCUT2D eigenvalue weighted by molar-refractivity contribution is 5.95. The quantitative estimate of drug-likeness (QED) is 0.663. The maximum atomic E-state index is 11.4. The van der Waals surface area contributed by atoms with Crippen molar-refractivity contribution in [1.29, 1.82) is 0 Å². The fraction of sp³-hybridized carbons (Fsp3) is 0.588. The second-order valence-corrected chi connectivity index (χ2v) is 6.73. The van der Waals surface area contributed by atoms with E-state index in [-0.39, 0.29) is 22.7 Å². The normalized spacial score (nSPS) is 30.5. The molecule has 0 spiro atoms. The maximum absolute atomic E-state index is 11.4. The van der Waals surface area contributed by atoms with E-state index in [1.807, 2.05) is 13.0 Å². The van der Waals surface area contributed by atoms with Crippen molar-refractivity contribution in [2.45, 2.75) is 38.3 Å². The molecule has 7 nitrogen and oxygen atoms in total. The van der Waals surface area contributed by atoms with Crippen LogP contribution in [0, 0.1) is 16.0 Å². The minimum atomic E-state index is -0.363. The molecule has 7 heteroatoms. The number of ether oxygens (including phenoxy) is 1. The second kappa shape index (κ2) is 6.05. The molecule has 0 aliphatic carbocycles. The summed E-state index contributed by atoms with van der Waals surface area (Å²) in [6.45, 7) is 4.64. The minimum absolute atomic E-state index is 0.0120. The first-order chi connectivity index (χ1) is 11.7. The molecule has 1 N–H and O–H groups in total. The molecule has 2 atom stereocenters. The number of benzene rings is 1. The second-order valence-electron chi connectivity index (χ2n) is 6.73. The standard InChI is InChI=1S/C17H22N4O3/c1-2-9-24-14-4-3-12(10-13(14)21(22)23)16-17-15(18-19-16)11-5-7-20(17)8-6-11/h3-4,10-11,16-17,19H,2,5-9H2,1H3. The Morgan fingerprint density at radius 3 is 2.92 bits per heavy atom. The van der Waals surface area contributed by atoms with Crippen molar-refractivity contribution < 1.29 is 9.66 Å². The minimum Gasteiger partial charge on any atom is -0.487 e. The number of nitro benzene ring substituents is 1. The van der Waals surface area contributed by atoms with Crippen LogP contribution in [0.15, 0.2) is 23.3 Å². The molecule has 1 aromatic rings. The summed E-state index contributed by atoms with van der Waals surface area (Å²) in [5.41, 5.74) is 5.39. The average Bonchev–Trinajstić information content (AvgIpc) is 3.08. The van der Waals surface area contributed by atoms with Gasteiger partial charge in [-0.25, -0.2) is 0 Å². The lowest BCUT2D eigenvalue weighted by atomic mass is 9.78. The van der Waals surface area contributed by atoms with Crippen LogP contribution in [0.1, 0.15) is 37.8 Å². The molecule has 0 aromatic heterocycles. The third-order valence-corrected chi connectivity index (χ3v) is 5.29. The fourth-order valence-electron chi connectivity index (χ4n) is 4.12. The molecule has 24 heavy (non-hydrogen) atoms. The molecule has 2 bridgehead atoms. The Morgan fingerprint density at radius 2 is 2.21 bits per heavy atom. The topological polar surface area (TPSA) is 80.0 Å². The van der Waals surface area contributed by atoms with Gasteiger partial charge in [-0.05, 0) is 44.0 Å². The molecular weight excluding hydrogens is 308 g/mol. The van der Waals surface area contributed by atoms with E-state index in [0.29, 0.717) is 18.3 Å². The molecule has 3 saturated heterocycles. The van der Waals surface area contributed by atoms with Crippen LogP contribution >= 0.6 is 0 Å². The van der Waals surface area contributed by atoms with Crippen molar-refractivity contribution in [3.05, 3.63) is 33.9 Å². The van der Waals surface area contributed by atoms with Crippen LogP contribution in [0.5, 0.6) is 5.75 Å². The monoisotopic (exact) mass is 330 g/mol. The molecule has 4 aliphatic heterocycles. The lowest BCUT2D eigenvalue weighted by Crippen LogP contribution is -2.56. The third kappa shape index (κ3) is 2.43. The Bertz CT molecular complexity index is 682. The van der Waals surface area contributed by atoms with Gasteiger partial charge in [-0.2, -0.15) is 5.10 Å². The predicted octanol–water partition coefficient (Wildman–Crippen LogP) is 2.48. The molecule has 128 valence electrons. The van der Waals surface area contributed by atoms with Gasteiger partial charge in [-0.1, -0.05) is 13.0 Å². The first kappa shape index (κ1) is 15.4. The lowest BCUT2D eigenvalue weighted by Gasteiger charge is -2.45. The Hall–Kier alpha value is -2.15. The van der Waals surface area contributed by atoms with Gasteiger partial charge in [0, 0.05) is 12.0 Å². The van der Waals surface area contributed by atoms with Crippen LogP contribution in [0.4, 0.5) is 5.69 Å². The van der Waals surface area contributed by atoms with Crippen LogP contribution in [-0.4, -0.2) is 41.3 Å². The van der Waals surface area contributed by atoms with E-state index >= 15 is 0 Å². The predicted molar refractivity (Wildman–Crippen MR) is 90.3 cm³/mol.